The second kappa shape index (κ2) is 16.8. The number of rotatable bonds is 12. The molecule has 57 heavy (non-hydrogen) atoms. The van der Waals surface area contributed by atoms with Crippen LogP contribution in [-0.2, 0) is 27.4 Å². The summed E-state index contributed by atoms with van der Waals surface area (Å²) in [6.45, 7) is 1.89. The van der Waals surface area contributed by atoms with Crippen molar-refractivity contribution in [1.29, 1.82) is 5.26 Å². The number of alkyl halides is 6. The zero-order valence-corrected chi connectivity index (χ0v) is 32.0. The molecule has 17 heteroatoms. The summed E-state index contributed by atoms with van der Waals surface area (Å²) in [5.41, 5.74) is -4.24. The molecule has 3 aliphatic rings. The molecular weight excluding hydrogens is 779 g/mol. The molecule has 2 aliphatic heterocycles. The van der Waals surface area contributed by atoms with E-state index in [2.05, 4.69) is 11.1 Å². The molecule has 3 fully saturated rings. The Bertz CT molecular complexity index is 1940. The molecule has 5 atom stereocenters. The highest BCUT2D eigenvalue weighted by Gasteiger charge is 2.57. The maximum atomic E-state index is 15.1. The normalized spacial score (nSPS) is 24.8. The molecule has 1 unspecified atom stereocenters. The lowest BCUT2D eigenvalue weighted by atomic mass is 9.72. The Labute approximate surface area is 330 Å². The predicted octanol–water partition coefficient (Wildman–Crippen LogP) is 8.36. The van der Waals surface area contributed by atoms with Crippen molar-refractivity contribution < 1.29 is 55.6 Å². The fourth-order valence-corrected chi connectivity index (χ4v) is 9.43. The van der Waals surface area contributed by atoms with Crippen molar-refractivity contribution in [2.75, 3.05) is 19.6 Å². The Kier molecular flexibility index (Phi) is 12.5. The summed E-state index contributed by atoms with van der Waals surface area (Å²) in [5, 5.41) is 32.7. The molecule has 2 aromatic heterocycles. The van der Waals surface area contributed by atoms with Crippen LogP contribution >= 0.6 is 11.3 Å². The van der Waals surface area contributed by atoms with Crippen molar-refractivity contribution in [2.24, 2.45) is 5.92 Å². The van der Waals surface area contributed by atoms with E-state index in [9.17, 15) is 46.6 Å². The minimum atomic E-state index is -4.86. The number of carbonyl (C=O) groups excluding carboxylic acids is 1. The van der Waals surface area contributed by atoms with Gasteiger partial charge in [0.25, 0.3) is 5.91 Å². The third-order valence-electron chi connectivity index (χ3n) is 11.5. The molecule has 2 N–H and O–H groups in total. The van der Waals surface area contributed by atoms with E-state index < -0.39 is 63.6 Å². The second-order valence-corrected chi connectivity index (χ2v) is 16.0. The standard InChI is InChI=1S/C40H44F6N4O6S/c1-2-7-31-38(56-27-22-32(57-23-27)40(44,45)46,13-6-17-50(31)35(53)34-29(39(41,42)43)9-5-16-48-34)36(54)49-18-14-37(24-47,15-19-49)28-8-3-4-10-30(28)55-26-12-11-25(20-26)21-33(51)52/h3-5,8-10,16,22-23,25-26,31,35,53H,2,6-7,11-15,17-21H2,1H3,(H,51,52)/t25-,26-,31-,35?,38+/m1/s1. The quantitative estimate of drug-likeness (QED) is 0.173. The molecule has 0 bridgehead atoms. The zero-order valence-electron chi connectivity index (χ0n) is 31.2. The highest BCUT2D eigenvalue weighted by atomic mass is 32.1. The Morgan fingerprint density at radius 3 is 2.44 bits per heavy atom. The maximum absolute atomic E-state index is 15.1. The van der Waals surface area contributed by atoms with Gasteiger partial charge in [0.2, 0.25) is 5.60 Å². The molecule has 1 amide bonds. The van der Waals surface area contributed by atoms with Gasteiger partial charge in [-0.1, -0.05) is 31.5 Å². The molecule has 3 aromatic rings. The number of amides is 1. The summed E-state index contributed by atoms with van der Waals surface area (Å²) in [6, 6.07) is 11.2. The number of carbonyl (C=O) groups is 2. The average Bonchev–Trinajstić information content (AvgIpc) is 3.84. The van der Waals surface area contributed by atoms with E-state index in [4.69, 9.17) is 9.47 Å². The van der Waals surface area contributed by atoms with Crippen LogP contribution in [0.25, 0.3) is 0 Å². The van der Waals surface area contributed by atoms with Gasteiger partial charge in [0.1, 0.15) is 16.4 Å². The lowest BCUT2D eigenvalue weighted by Gasteiger charge is -2.52. The Morgan fingerprint density at radius 2 is 1.79 bits per heavy atom. The van der Waals surface area contributed by atoms with Crippen molar-refractivity contribution in [3.05, 3.63) is 75.7 Å². The van der Waals surface area contributed by atoms with Crippen LogP contribution in [0.4, 0.5) is 26.3 Å². The molecule has 4 heterocycles. The number of nitrogens with zero attached hydrogens (tertiary/aromatic N) is 4. The first-order chi connectivity index (χ1) is 27.0. The summed E-state index contributed by atoms with van der Waals surface area (Å²) in [6.07, 6.45) is -7.70. The third kappa shape index (κ3) is 8.87. The minimum Gasteiger partial charge on any atom is -0.490 e. The molecular formula is C40H44F6N4O6S. The molecule has 2 saturated heterocycles. The Hall–Kier alpha value is -4.40. The average molecular weight is 823 g/mol. The number of carboxylic acids is 1. The number of piperidine rings is 2. The lowest BCUT2D eigenvalue weighted by molar-refractivity contribution is -0.175. The van der Waals surface area contributed by atoms with Gasteiger partial charge in [0.15, 0.2) is 6.23 Å². The van der Waals surface area contributed by atoms with Gasteiger partial charge in [-0.25, -0.2) is 0 Å². The van der Waals surface area contributed by atoms with E-state index in [-0.39, 0.29) is 75.9 Å². The number of pyridine rings is 1. The van der Waals surface area contributed by atoms with Crippen LogP contribution in [0.5, 0.6) is 11.5 Å². The van der Waals surface area contributed by atoms with Crippen LogP contribution < -0.4 is 9.47 Å². The number of aliphatic hydroxyl groups is 1. The number of hydrogen-bond acceptors (Lipinski definition) is 9. The van der Waals surface area contributed by atoms with Gasteiger partial charge in [0, 0.05) is 49.3 Å². The van der Waals surface area contributed by atoms with Crippen LogP contribution in [-0.4, -0.2) is 74.3 Å². The molecule has 1 aliphatic carbocycles. The molecule has 0 spiro atoms. The number of aliphatic hydroxyl groups excluding tert-OH is 1. The summed E-state index contributed by atoms with van der Waals surface area (Å²) in [7, 11) is 0. The first-order valence-corrected chi connectivity index (χ1v) is 19.9. The van der Waals surface area contributed by atoms with Crippen LogP contribution in [0, 0.1) is 17.2 Å². The van der Waals surface area contributed by atoms with Crippen LogP contribution in [0.1, 0.15) is 99.1 Å². The predicted molar refractivity (Wildman–Crippen MR) is 195 cm³/mol. The van der Waals surface area contributed by atoms with Crippen molar-refractivity contribution in [2.45, 2.75) is 113 Å². The number of benzene rings is 1. The van der Waals surface area contributed by atoms with Gasteiger partial charge in [0.05, 0.1) is 34.9 Å². The Balaban J connectivity index is 1.31. The largest absolute Gasteiger partial charge is 0.490 e. The lowest BCUT2D eigenvalue weighted by Crippen LogP contribution is -2.68. The minimum absolute atomic E-state index is 0.00785. The summed E-state index contributed by atoms with van der Waals surface area (Å²) in [4.78, 5) is 32.1. The number of carboxylic acid groups (broad SMARTS) is 1. The van der Waals surface area contributed by atoms with Gasteiger partial charge in [-0.3, -0.25) is 19.5 Å². The summed E-state index contributed by atoms with van der Waals surface area (Å²) in [5.74, 6) is -1.25. The van der Waals surface area contributed by atoms with Gasteiger partial charge in [-0.05, 0) is 75.5 Å². The van der Waals surface area contributed by atoms with E-state index in [0.717, 1.165) is 29.8 Å². The van der Waals surface area contributed by atoms with Crippen molar-refractivity contribution in [3.63, 3.8) is 0 Å². The summed E-state index contributed by atoms with van der Waals surface area (Å²) >= 11 is 0.383. The van der Waals surface area contributed by atoms with Crippen molar-refractivity contribution in [1.82, 2.24) is 14.8 Å². The third-order valence-corrected chi connectivity index (χ3v) is 12.4. The molecule has 1 aromatic carbocycles. The number of nitriles is 1. The smallest absolute Gasteiger partial charge is 0.425 e. The summed E-state index contributed by atoms with van der Waals surface area (Å²) < 4.78 is 96.4. The number of likely N-dealkylation sites (tertiary alicyclic amines) is 2. The van der Waals surface area contributed by atoms with Crippen molar-refractivity contribution >= 4 is 23.2 Å². The van der Waals surface area contributed by atoms with Crippen LogP contribution in [0.2, 0.25) is 0 Å². The number of aliphatic carboxylic acids is 1. The number of aromatic nitrogens is 1. The van der Waals surface area contributed by atoms with E-state index in [1.54, 1.807) is 31.2 Å². The first-order valence-electron chi connectivity index (χ1n) is 19.0. The van der Waals surface area contributed by atoms with Gasteiger partial charge in [-0.15, -0.1) is 11.3 Å². The highest BCUT2D eigenvalue weighted by Crippen LogP contribution is 2.47. The molecule has 10 nitrogen and oxygen atoms in total. The number of ether oxygens (including phenoxy) is 2. The molecule has 1 saturated carbocycles. The van der Waals surface area contributed by atoms with Gasteiger partial charge in [-0.2, -0.15) is 31.6 Å². The number of thiophene rings is 1. The van der Waals surface area contributed by atoms with Crippen LogP contribution in [0.3, 0.4) is 0 Å². The van der Waals surface area contributed by atoms with E-state index in [1.165, 1.54) is 9.80 Å². The first kappa shape index (κ1) is 42.2. The topological polar surface area (TPSA) is 136 Å². The highest BCUT2D eigenvalue weighted by molar-refractivity contribution is 7.10. The monoisotopic (exact) mass is 822 g/mol. The molecule has 0 radical (unpaired) electrons. The van der Waals surface area contributed by atoms with Crippen molar-refractivity contribution in [3.8, 4) is 17.6 Å². The Morgan fingerprint density at radius 1 is 1.05 bits per heavy atom. The number of para-hydroxylation sites is 1. The maximum Gasteiger partial charge on any atom is 0.425 e. The number of halogens is 6. The molecule has 308 valence electrons. The SMILES string of the molecule is CCC[C@H]1N(C(O)c2ncccc2C(F)(F)F)CCC[C@@]1(Oc1csc(C(F)(F)F)c1)C(=O)N1CCC(C#N)(c2ccccc2O[C@@H]2CC[C@@H](CC(=O)O)C2)CC1. The fourth-order valence-electron chi connectivity index (χ4n) is 8.76. The van der Waals surface area contributed by atoms with E-state index in [0.29, 0.717) is 48.3 Å². The second-order valence-electron chi connectivity index (χ2n) is 15.1. The van der Waals surface area contributed by atoms with E-state index in [1.807, 2.05) is 0 Å². The molecule has 6 rings (SSSR count). The number of hydrogen-bond donors (Lipinski definition) is 2. The van der Waals surface area contributed by atoms with Gasteiger partial charge >= 0.3 is 18.3 Å². The van der Waals surface area contributed by atoms with Crippen LogP contribution in [0.15, 0.2) is 54.0 Å². The van der Waals surface area contributed by atoms with E-state index >= 15 is 4.79 Å². The fraction of sp³-hybridized carbons (Fsp3) is 0.550. The zero-order chi connectivity index (χ0) is 41.2. The van der Waals surface area contributed by atoms with Gasteiger partial charge < -0.3 is 24.6 Å².